The molecule has 0 spiro atoms. The number of esters is 1. The van der Waals surface area contributed by atoms with Gasteiger partial charge in [0.1, 0.15) is 11.6 Å². The summed E-state index contributed by atoms with van der Waals surface area (Å²) in [6.45, 7) is 8.05. The molecule has 2 rings (SSSR count). The first kappa shape index (κ1) is 18.3. The van der Waals surface area contributed by atoms with Crippen LogP contribution in [0.1, 0.15) is 39.7 Å². The maximum Gasteiger partial charge on any atom is 0.411 e. The number of carbonyl (C=O) groups excluding carboxylic acids is 2. The fourth-order valence-corrected chi connectivity index (χ4v) is 3.00. The summed E-state index contributed by atoms with van der Waals surface area (Å²) in [6, 6.07) is 9.54. The van der Waals surface area contributed by atoms with E-state index in [1.165, 1.54) is 10.5 Å². The van der Waals surface area contributed by atoms with Crippen LogP contribution in [-0.2, 0) is 20.7 Å². The molecule has 0 unspecified atom stereocenters. The first-order valence-electron chi connectivity index (χ1n) is 8.50. The first-order chi connectivity index (χ1) is 11.3. The van der Waals surface area contributed by atoms with Gasteiger partial charge in [-0.1, -0.05) is 30.3 Å². The Morgan fingerprint density at radius 1 is 1.21 bits per heavy atom. The van der Waals surface area contributed by atoms with Crippen LogP contribution in [0.2, 0.25) is 0 Å². The van der Waals surface area contributed by atoms with Crippen LogP contribution in [0, 0.1) is 5.92 Å². The molecule has 1 amide bonds. The van der Waals surface area contributed by atoms with Gasteiger partial charge in [0.2, 0.25) is 0 Å². The van der Waals surface area contributed by atoms with E-state index in [4.69, 9.17) is 9.47 Å². The van der Waals surface area contributed by atoms with E-state index in [0.717, 1.165) is 6.42 Å². The fourth-order valence-electron chi connectivity index (χ4n) is 3.00. The Balaban J connectivity index is 2.10. The Kier molecular flexibility index (Phi) is 5.86. The van der Waals surface area contributed by atoms with Crippen molar-refractivity contribution >= 4 is 12.1 Å². The average molecular weight is 333 g/mol. The highest BCUT2D eigenvalue weighted by atomic mass is 16.6. The highest BCUT2D eigenvalue weighted by Gasteiger charge is 2.42. The quantitative estimate of drug-likeness (QED) is 0.792. The molecule has 5 heteroatoms. The van der Waals surface area contributed by atoms with Gasteiger partial charge < -0.3 is 9.47 Å². The normalized spacial score (nSPS) is 20.8. The van der Waals surface area contributed by atoms with Crippen molar-refractivity contribution in [3.05, 3.63) is 35.9 Å². The van der Waals surface area contributed by atoms with Crippen LogP contribution in [0.4, 0.5) is 4.79 Å². The van der Waals surface area contributed by atoms with Crippen molar-refractivity contribution < 1.29 is 19.1 Å². The van der Waals surface area contributed by atoms with Gasteiger partial charge in [-0.05, 0) is 52.0 Å². The summed E-state index contributed by atoms with van der Waals surface area (Å²) in [7, 11) is 0. The number of nitrogens with zero attached hydrogens (tertiary/aromatic N) is 1. The molecule has 1 heterocycles. The lowest BCUT2D eigenvalue weighted by Crippen LogP contribution is -2.44. The van der Waals surface area contributed by atoms with Gasteiger partial charge in [-0.15, -0.1) is 0 Å². The van der Waals surface area contributed by atoms with E-state index < -0.39 is 17.7 Å². The second kappa shape index (κ2) is 7.69. The molecule has 0 aliphatic carbocycles. The summed E-state index contributed by atoms with van der Waals surface area (Å²) in [5.41, 5.74) is 0.615. The topological polar surface area (TPSA) is 55.8 Å². The van der Waals surface area contributed by atoms with E-state index >= 15 is 0 Å². The molecule has 132 valence electrons. The third kappa shape index (κ3) is 4.98. The maximum atomic E-state index is 12.5. The minimum atomic E-state index is -0.589. The Morgan fingerprint density at radius 3 is 2.46 bits per heavy atom. The molecule has 1 saturated heterocycles. The van der Waals surface area contributed by atoms with Crippen molar-refractivity contribution in [2.24, 2.45) is 5.92 Å². The van der Waals surface area contributed by atoms with Gasteiger partial charge in [-0.2, -0.15) is 0 Å². The van der Waals surface area contributed by atoms with E-state index in [9.17, 15) is 9.59 Å². The predicted octanol–water partition coefficient (Wildman–Crippen LogP) is 3.42. The molecule has 1 fully saturated rings. The molecule has 5 nitrogen and oxygen atoms in total. The molecular weight excluding hydrogens is 306 g/mol. The van der Waals surface area contributed by atoms with Crippen LogP contribution in [0.5, 0.6) is 0 Å². The van der Waals surface area contributed by atoms with Crippen LogP contribution >= 0.6 is 0 Å². The lowest BCUT2D eigenvalue weighted by atomic mass is 9.97. The molecular formula is C19H27NO4. The van der Waals surface area contributed by atoms with Crippen molar-refractivity contribution in [3.8, 4) is 0 Å². The summed E-state index contributed by atoms with van der Waals surface area (Å²) in [4.78, 5) is 26.3. The van der Waals surface area contributed by atoms with Gasteiger partial charge in [0.25, 0.3) is 0 Å². The lowest BCUT2D eigenvalue weighted by Gasteiger charge is -2.27. The first-order valence-corrected chi connectivity index (χ1v) is 8.50. The van der Waals surface area contributed by atoms with Gasteiger partial charge in [-0.25, -0.2) is 9.59 Å². The zero-order valence-electron chi connectivity index (χ0n) is 15.0. The molecule has 0 saturated carbocycles. The molecule has 1 aliphatic rings. The van der Waals surface area contributed by atoms with Crippen LogP contribution < -0.4 is 0 Å². The molecule has 2 atom stereocenters. The minimum Gasteiger partial charge on any atom is -0.464 e. The van der Waals surface area contributed by atoms with E-state index in [0.29, 0.717) is 19.6 Å². The summed E-state index contributed by atoms with van der Waals surface area (Å²) >= 11 is 0. The zero-order chi connectivity index (χ0) is 17.7. The maximum absolute atomic E-state index is 12.5. The second-order valence-corrected chi connectivity index (χ2v) is 7.19. The number of benzene rings is 1. The Hall–Kier alpha value is -2.04. The second-order valence-electron chi connectivity index (χ2n) is 7.19. The molecule has 24 heavy (non-hydrogen) atoms. The number of ether oxygens (including phenoxy) is 2. The Morgan fingerprint density at radius 2 is 1.88 bits per heavy atom. The molecule has 0 aromatic heterocycles. The SMILES string of the molecule is CCOC(=O)[C@@H]1C[C@H](Cc2ccccc2)CN1C(=O)OC(C)(C)C. The number of likely N-dealkylation sites (tertiary alicyclic amines) is 1. The largest absolute Gasteiger partial charge is 0.464 e. The van der Waals surface area contributed by atoms with Crippen molar-refractivity contribution in [2.75, 3.05) is 13.2 Å². The van der Waals surface area contributed by atoms with Gasteiger partial charge in [-0.3, -0.25) is 4.90 Å². The number of hydrogen-bond acceptors (Lipinski definition) is 4. The van der Waals surface area contributed by atoms with Gasteiger partial charge in [0, 0.05) is 6.54 Å². The zero-order valence-corrected chi connectivity index (χ0v) is 15.0. The van der Waals surface area contributed by atoms with Gasteiger partial charge in [0.15, 0.2) is 0 Å². The number of rotatable bonds is 4. The molecule has 1 aromatic rings. The van der Waals surface area contributed by atoms with Crippen LogP contribution in [-0.4, -0.2) is 41.8 Å². The van der Waals surface area contributed by atoms with Crippen LogP contribution in [0.25, 0.3) is 0 Å². The average Bonchev–Trinajstić information content (AvgIpc) is 2.91. The number of amides is 1. The fraction of sp³-hybridized carbons (Fsp3) is 0.579. The third-order valence-electron chi connectivity index (χ3n) is 3.94. The highest BCUT2D eigenvalue weighted by molar-refractivity contribution is 5.82. The third-order valence-corrected chi connectivity index (χ3v) is 3.94. The summed E-state index contributed by atoms with van der Waals surface area (Å²) in [6.07, 6.45) is 0.986. The molecule has 0 radical (unpaired) electrons. The summed E-state index contributed by atoms with van der Waals surface area (Å²) in [5.74, 6) is -0.131. The summed E-state index contributed by atoms with van der Waals surface area (Å²) < 4.78 is 10.6. The van der Waals surface area contributed by atoms with E-state index in [-0.39, 0.29) is 11.9 Å². The van der Waals surface area contributed by atoms with E-state index in [1.54, 1.807) is 6.92 Å². The van der Waals surface area contributed by atoms with Gasteiger partial charge in [0.05, 0.1) is 6.61 Å². The summed E-state index contributed by atoms with van der Waals surface area (Å²) in [5, 5.41) is 0. The smallest absolute Gasteiger partial charge is 0.411 e. The van der Waals surface area contributed by atoms with Crippen molar-refractivity contribution in [3.63, 3.8) is 0 Å². The standard InChI is InChI=1S/C19H27NO4/c1-5-23-17(21)16-12-15(11-14-9-7-6-8-10-14)13-20(16)18(22)24-19(2,3)4/h6-10,15-16H,5,11-13H2,1-4H3/t15-,16-/m0/s1. The lowest BCUT2D eigenvalue weighted by molar-refractivity contribution is -0.148. The van der Waals surface area contributed by atoms with Gasteiger partial charge >= 0.3 is 12.1 Å². The van der Waals surface area contributed by atoms with Crippen LogP contribution in [0.3, 0.4) is 0 Å². The highest BCUT2D eigenvalue weighted by Crippen LogP contribution is 2.29. The van der Waals surface area contributed by atoms with Crippen molar-refractivity contribution in [2.45, 2.75) is 52.2 Å². The Bertz CT molecular complexity index is 564. The van der Waals surface area contributed by atoms with Crippen molar-refractivity contribution in [1.82, 2.24) is 4.90 Å². The van der Waals surface area contributed by atoms with E-state index in [2.05, 4.69) is 12.1 Å². The predicted molar refractivity (Wildman–Crippen MR) is 91.6 cm³/mol. The van der Waals surface area contributed by atoms with E-state index in [1.807, 2.05) is 39.0 Å². The molecule has 0 bridgehead atoms. The van der Waals surface area contributed by atoms with Crippen LogP contribution in [0.15, 0.2) is 30.3 Å². The molecule has 1 aliphatic heterocycles. The molecule has 0 N–H and O–H groups in total. The Labute approximate surface area is 143 Å². The van der Waals surface area contributed by atoms with Crippen molar-refractivity contribution in [1.29, 1.82) is 0 Å². The minimum absolute atomic E-state index is 0.217. The monoisotopic (exact) mass is 333 g/mol. The molecule has 1 aromatic carbocycles. The number of carbonyl (C=O) groups is 2. The number of hydrogen-bond donors (Lipinski definition) is 0.